The number of benzene rings is 2. The van der Waals surface area contributed by atoms with E-state index in [9.17, 15) is 22.8 Å². The fourth-order valence-electron chi connectivity index (χ4n) is 5.92. The molecule has 3 fully saturated rings. The van der Waals surface area contributed by atoms with Crippen molar-refractivity contribution in [2.45, 2.75) is 50.2 Å². The second-order valence-corrected chi connectivity index (χ2v) is 10.0. The van der Waals surface area contributed by atoms with E-state index in [4.69, 9.17) is 10.5 Å². The van der Waals surface area contributed by atoms with Gasteiger partial charge < -0.3 is 20.3 Å². The van der Waals surface area contributed by atoms with Crippen LogP contribution >= 0.6 is 0 Å². The highest BCUT2D eigenvalue weighted by atomic mass is 19.2. The van der Waals surface area contributed by atoms with Gasteiger partial charge in [0, 0.05) is 48.4 Å². The van der Waals surface area contributed by atoms with Crippen LogP contribution in [0.5, 0.6) is 0 Å². The number of nitrogens with zero attached hydrogens (tertiary/aromatic N) is 2. The summed E-state index contributed by atoms with van der Waals surface area (Å²) in [6.07, 6.45) is 3.14. The van der Waals surface area contributed by atoms with Gasteiger partial charge in [0.25, 0.3) is 11.8 Å². The highest BCUT2D eigenvalue weighted by Gasteiger charge is 2.44. The number of piperidine rings is 1. The van der Waals surface area contributed by atoms with Crippen molar-refractivity contribution in [3.63, 3.8) is 0 Å². The molecular weight excluding hydrogens is 471 g/mol. The molecule has 2 amide bonds. The lowest BCUT2D eigenvalue weighted by molar-refractivity contribution is 0.0303. The van der Waals surface area contributed by atoms with Gasteiger partial charge in [0.1, 0.15) is 5.82 Å². The molecule has 5 rings (SSSR count). The van der Waals surface area contributed by atoms with Crippen LogP contribution in [0.25, 0.3) is 0 Å². The molecule has 3 heterocycles. The van der Waals surface area contributed by atoms with Crippen LogP contribution in [0.3, 0.4) is 0 Å². The lowest BCUT2D eigenvalue weighted by atomic mass is 9.82. The van der Waals surface area contributed by atoms with Crippen molar-refractivity contribution in [3.8, 4) is 0 Å². The van der Waals surface area contributed by atoms with Gasteiger partial charge in [-0.25, -0.2) is 13.2 Å². The Morgan fingerprint density at radius 1 is 0.917 bits per heavy atom. The zero-order chi connectivity index (χ0) is 25.4. The maximum absolute atomic E-state index is 14.1. The first-order valence-corrected chi connectivity index (χ1v) is 12.5. The van der Waals surface area contributed by atoms with Gasteiger partial charge in [0.05, 0.1) is 13.2 Å². The quantitative estimate of drug-likeness (QED) is 0.636. The number of carbonyl (C=O) groups is 2. The van der Waals surface area contributed by atoms with E-state index < -0.39 is 23.5 Å². The van der Waals surface area contributed by atoms with E-state index in [0.717, 1.165) is 18.9 Å². The topological polar surface area (TPSA) is 75.9 Å². The number of nitrogens with two attached hydrogens (primary N) is 1. The predicted molar refractivity (Wildman–Crippen MR) is 127 cm³/mol. The van der Waals surface area contributed by atoms with Crippen LogP contribution in [0.15, 0.2) is 36.4 Å². The first kappa shape index (κ1) is 24.8. The van der Waals surface area contributed by atoms with Gasteiger partial charge in [-0.15, -0.1) is 0 Å². The van der Waals surface area contributed by atoms with Crippen molar-refractivity contribution in [1.82, 2.24) is 9.80 Å². The van der Waals surface area contributed by atoms with E-state index in [0.29, 0.717) is 56.3 Å². The van der Waals surface area contributed by atoms with Crippen molar-refractivity contribution in [3.05, 3.63) is 70.5 Å². The molecule has 3 aliphatic heterocycles. The Kier molecular flexibility index (Phi) is 7.03. The zero-order valence-corrected chi connectivity index (χ0v) is 20.0. The van der Waals surface area contributed by atoms with Crippen molar-refractivity contribution in [1.29, 1.82) is 0 Å². The standard InChI is InChI=1S/C27H30F3N3O3/c28-22-15-24(30)23(29)13-18(22)14-25(31)19-11-20-4-5-21(12-19)33(20)27(35)17-3-1-2-16(10-17)26(34)32-6-8-36-9-7-32/h1-3,10,13,15,19-21,25H,4-9,11-12,14,31H2. The van der Waals surface area contributed by atoms with Gasteiger partial charge in [-0.2, -0.15) is 0 Å². The third-order valence-electron chi connectivity index (χ3n) is 7.81. The molecule has 0 aliphatic carbocycles. The molecule has 0 radical (unpaired) electrons. The van der Waals surface area contributed by atoms with Crippen molar-refractivity contribution in [2.75, 3.05) is 26.3 Å². The number of hydrogen-bond acceptors (Lipinski definition) is 4. The number of ether oxygens (including phenoxy) is 1. The minimum absolute atomic E-state index is 0.000650. The van der Waals surface area contributed by atoms with Crippen LogP contribution in [0.4, 0.5) is 13.2 Å². The van der Waals surface area contributed by atoms with Crippen LogP contribution < -0.4 is 5.73 Å². The average molecular weight is 502 g/mol. The van der Waals surface area contributed by atoms with E-state index in [1.165, 1.54) is 0 Å². The minimum Gasteiger partial charge on any atom is -0.378 e. The van der Waals surface area contributed by atoms with Crippen molar-refractivity contribution in [2.24, 2.45) is 11.7 Å². The Balaban J connectivity index is 1.26. The van der Waals surface area contributed by atoms with Crippen LogP contribution in [0.1, 0.15) is 52.0 Å². The molecule has 3 saturated heterocycles. The van der Waals surface area contributed by atoms with E-state index in [-0.39, 0.29) is 41.8 Å². The van der Waals surface area contributed by atoms with Crippen LogP contribution in [0.2, 0.25) is 0 Å². The summed E-state index contributed by atoms with van der Waals surface area (Å²) >= 11 is 0. The summed E-state index contributed by atoms with van der Waals surface area (Å²) in [5.41, 5.74) is 7.44. The Bertz CT molecular complexity index is 1140. The SMILES string of the molecule is NC(Cc1cc(F)c(F)cc1F)C1CC2CCC(C1)N2C(=O)c1cccc(C(=O)N2CCOCC2)c1. The number of halogens is 3. The monoisotopic (exact) mass is 501 g/mol. The summed E-state index contributed by atoms with van der Waals surface area (Å²) in [7, 11) is 0. The highest BCUT2D eigenvalue weighted by molar-refractivity contribution is 6.00. The van der Waals surface area contributed by atoms with E-state index in [2.05, 4.69) is 0 Å². The first-order valence-electron chi connectivity index (χ1n) is 12.5. The summed E-state index contributed by atoms with van der Waals surface area (Å²) in [6.45, 7) is 2.08. The molecule has 2 bridgehead atoms. The molecule has 3 atom stereocenters. The number of fused-ring (bicyclic) bond motifs is 2. The molecule has 36 heavy (non-hydrogen) atoms. The highest BCUT2D eigenvalue weighted by Crippen LogP contribution is 2.41. The van der Waals surface area contributed by atoms with Crippen LogP contribution in [0, 0.1) is 23.4 Å². The lowest BCUT2D eigenvalue weighted by Gasteiger charge is -2.41. The molecule has 192 valence electrons. The molecule has 3 unspecified atom stereocenters. The predicted octanol–water partition coefficient (Wildman–Crippen LogP) is 3.53. The second-order valence-electron chi connectivity index (χ2n) is 10.0. The molecular formula is C27H30F3N3O3. The Morgan fingerprint density at radius 3 is 2.19 bits per heavy atom. The second kappa shape index (κ2) is 10.2. The number of rotatable bonds is 5. The molecule has 2 aromatic carbocycles. The zero-order valence-electron chi connectivity index (χ0n) is 20.0. The summed E-state index contributed by atoms with van der Waals surface area (Å²) in [6, 6.07) is 7.88. The minimum atomic E-state index is -1.22. The molecule has 9 heteroatoms. The molecule has 2 aromatic rings. The maximum Gasteiger partial charge on any atom is 0.254 e. The van der Waals surface area contributed by atoms with Crippen molar-refractivity contribution < 1.29 is 27.5 Å². The number of carbonyl (C=O) groups excluding carboxylic acids is 2. The molecule has 0 aromatic heterocycles. The van der Waals surface area contributed by atoms with Gasteiger partial charge in [-0.3, -0.25) is 9.59 Å². The van der Waals surface area contributed by atoms with E-state index >= 15 is 0 Å². The van der Waals surface area contributed by atoms with Crippen LogP contribution in [-0.4, -0.2) is 66.0 Å². The first-order chi connectivity index (χ1) is 17.3. The van der Waals surface area contributed by atoms with Crippen LogP contribution in [-0.2, 0) is 11.2 Å². The largest absolute Gasteiger partial charge is 0.378 e. The van der Waals surface area contributed by atoms with E-state index in [1.54, 1.807) is 29.2 Å². The smallest absolute Gasteiger partial charge is 0.254 e. The lowest BCUT2D eigenvalue weighted by Crippen LogP contribution is -2.50. The molecule has 2 N–H and O–H groups in total. The van der Waals surface area contributed by atoms with Gasteiger partial charge >= 0.3 is 0 Å². The number of hydrogen-bond donors (Lipinski definition) is 1. The molecule has 0 spiro atoms. The summed E-state index contributed by atoms with van der Waals surface area (Å²) < 4.78 is 46.3. The third-order valence-corrected chi connectivity index (χ3v) is 7.81. The Hall–Kier alpha value is -2.91. The molecule has 3 aliphatic rings. The normalized spacial score (nSPS) is 24.6. The summed E-state index contributed by atoms with van der Waals surface area (Å²) in [5.74, 6) is -3.28. The summed E-state index contributed by atoms with van der Waals surface area (Å²) in [5, 5.41) is 0. The van der Waals surface area contributed by atoms with Gasteiger partial charge in [0.15, 0.2) is 11.6 Å². The average Bonchev–Trinajstić information content (AvgIpc) is 3.15. The fourth-order valence-corrected chi connectivity index (χ4v) is 5.92. The third kappa shape index (κ3) is 4.86. The summed E-state index contributed by atoms with van der Waals surface area (Å²) in [4.78, 5) is 30.1. The maximum atomic E-state index is 14.1. The number of amides is 2. The van der Waals surface area contributed by atoms with Gasteiger partial charge in [-0.05, 0) is 67.9 Å². The van der Waals surface area contributed by atoms with E-state index in [1.807, 2.05) is 4.90 Å². The molecule has 0 saturated carbocycles. The fraction of sp³-hybridized carbons (Fsp3) is 0.481. The van der Waals surface area contributed by atoms with Gasteiger partial charge in [0.2, 0.25) is 0 Å². The Morgan fingerprint density at radius 2 is 1.53 bits per heavy atom. The van der Waals surface area contributed by atoms with Crippen molar-refractivity contribution >= 4 is 11.8 Å². The van der Waals surface area contributed by atoms with Gasteiger partial charge in [-0.1, -0.05) is 6.07 Å². The molecule has 6 nitrogen and oxygen atoms in total. The Labute approximate surface area is 208 Å². The number of morpholine rings is 1.